The lowest BCUT2D eigenvalue weighted by Crippen LogP contribution is -2.45. The zero-order valence-corrected chi connectivity index (χ0v) is 14.2. The number of nitrogens with one attached hydrogen (secondary N) is 1. The molecule has 0 bridgehead atoms. The Morgan fingerprint density at radius 2 is 1.96 bits per heavy atom. The molecule has 0 aliphatic rings. The molecule has 1 rings (SSSR count). The number of aliphatic carboxylic acids is 1. The molecule has 1 aromatic rings. The van der Waals surface area contributed by atoms with Gasteiger partial charge in [0.05, 0.1) is 0 Å². The van der Waals surface area contributed by atoms with Gasteiger partial charge in [0.2, 0.25) is 0 Å². The van der Waals surface area contributed by atoms with Crippen LogP contribution in [0.25, 0.3) is 0 Å². The molecule has 0 aromatic heterocycles. The highest BCUT2D eigenvalue weighted by Gasteiger charge is 2.25. The SMILES string of the molecule is CCN(/C=C(/C#N)C(=O)NC(C(=O)O)C(C)C)Cc1ccccc1. The largest absolute Gasteiger partial charge is 0.480 e. The third-order valence-electron chi connectivity index (χ3n) is 3.53. The highest BCUT2D eigenvalue weighted by molar-refractivity contribution is 5.99. The molecular formula is C18H23N3O3. The van der Waals surface area contributed by atoms with Gasteiger partial charge in [-0.05, 0) is 18.4 Å². The van der Waals surface area contributed by atoms with Gasteiger partial charge in [-0.2, -0.15) is 5.26 Å². The smallest absolute Gasteiger partial charge is 0.326 e. The fourth-order valence-electron chi connectivity index (χ4n) is 2.12. The number of hydrogen-bond acceptors (Lipinski definition) is 4. The Kier molecular flexibility index (Phi) is 7.50. The van der Waals surface area contributed by atoms with E-state index in [1.165, 1.54) is 6.20 Å². The number of nitrogens with zero attached hydrogens (tertiary/aromatic N) is 2. The molecule has 6 nitrogen and oxygen atoms in total. The van der Waals surface area contributed by atoms with E-state index in [-0.39, 0.29) is 11.5 Å². The lowest BCUT2D eigenvalue weighted by Gasteiger charge is -2.20. The molecule has 1 atom stereocenters. The summed E-state index contributed by atoms with van der Waals surface area (Å²) in [5.41, 5.74) is 0.943. The van der Waals surface area contributed by atoms with Crippen LogP contribution in [-0.4, -0.2) is 34.5 Å². The predicted octanol–water partition coefficient (Wildman–Crippen LogP) is 2.14. The van der Waals surface area contributed by atoms with Crippen LogP contribution in [0.2, 0.25) is 0 Å². The Bertz CT molecular complexity index is 633. The average molecular weight is 329 g/mol. The number of carboxylic acid groups (broad SMARTS) is 1. The summed E-state index contributed by atoms with van der Waals surface area (Å²) in [6.45, 7) is 6.48. The minimum absolute atomic E-state index is 0.111. The number of carbonyl (C=O) groups is 2. The molecule has 24 heavy (non-hydrogen) atoms. The van der Waals surface area contributed by atoms with Gasteiger partial charge in [-0.1, -0.05) is 44.2 Å². The maximum Gasteiger partial charge on any atom is 0.326 e. The zero-order valence-electron chi connectivity index (χ0n) is 14.2. The van der Waals surface area contributed by atoms with E-state index in [1.54, 1.807) is 13.8 Å². The third-order valence-corrected chi connectivity index (χ3v) is 3.53. The minimum Gasteiger partial charge on any atom is -0.480 e. The van der Waals surface area contributed by atoms with E-state index in [4.69, 9.17) is 5.11 Å². The van der Waals surface area contributed by atoms with Crippen molar-refractivity contribution < 1.29 is 14.7 Å². The fraction of sp³-hybridized carbons (Fsp3) is 0.389. The molecule has 0 spiro atoms. The van der Waals surface area contributed by atoms with Crippen molar-refractivity contribution in [2.45, 2.75) is 33.4 Å². The summed E-state index contributed by atoms with van der Waals surface area (Å²) in [6, 6.07) is 10.5. The number of amides is 1. The van der Waals surface area contributed by atoms with E-state index in [2.05, 4.69) is 5.32 Å². The zero-order chi connectivity index (χ0) is 18.1. The van der Waals surface area contributed by atoms with Crippen LogP contribution >= 0.6 is 0 Å². The van der Waals surface area contributed by atoms with Gasteiger partial charge in [0.25, 0.3) is 5.91 Å². The molecule has 0 aliphatic carbocycles. The molecule has 128 valence electrons. The molecule has 0 saturated heterocycles. The van der Waals surface area contributed by atoms with Crippen molar-refractivity contribution in [3.8, 4) is 6.07 Å². The Hall–Kier alpha value is -2.81. The highest BCUT2D eigenvalue weighted by atomic mass is 16.4. The van der Waals surface area contributed by atoms with E-state index >= 15 is 0 Å². The first kappa shape index (κ1) is 19.2. The maximum absolute atomic E-state index is 12.2. The molecule has 6 heteroatoms. The number of benzene rings is 1. The van der Waals surface area contributed by atoms with Gasteiger partial charge in [-0.3, -0.25) is 4.79 Å². The van der Waals surface area contributed by atoms with Gasteiger partial charge in [0.1, 0.15) is 17.7 Å². The van der Waals surface area contributed by atoms with Crippen LogP contribution in [0.4, 0.5) is 0 Å². The molecule has 0 saturated carbocycles. The lowest BCUT2D eigenvalue weighted by molar-refractivity contribution is -0.142. The quantitative estimate of drug-likeness (QED) is 0.563. The van der Waals surface area contributed by atoms with Crippen molar-refractivity contribution in [1.29, 1.82) is 5.26 Å². The Labute approximate surface area is 142 Å². The van der Waals surface area contributed by atoms with Crippen LogP contribution in [0, 0.1) is 17.2 Å². The van der Waals surface area contributed by atoms with E-state index in [9.17, 15) is 14.9 Å². The van der Waals surface area contributed by atoms with Crippen LogP contribution in [0.15, 0.2) is 42.1 Å². The van der Waals surface area contributed by atoms with Gasteiger partial charge in [-0.15, -0.1) is 0 Å². The Morgan fingerprint density at radius 1 is 1.33 bits per heavy atom. The summed E-state index contributed by atoms with van der Waals surface area (Å²) in [6.07, 6.45) is 1.47. The van der Waals surface area contributed by atoms with Crippen LogP contribution < -0.4 is 5.32 Å². The number of carbonyl (C=O) groups excluding carboxylic acids is 1. The van der Waals surface area contributed by atoms with Crippen LogP contribution in [-0.2, 0) is 16.1 Å². The summed E-state index contributed by atoms with van der Waals surface area (Å²) in [4.78, 5) is 25.2. The highest BCUT2D eigenvalue weighted by Crippen LogP contribution is 2.08. The van der Waals surface area contributed by atoms with E-state index in [1.807, 2.05) is 48.2 Å². The van der Waals surface area contributed by atoms with Crippen molar-refractivity contribution in [2.24, 2.45) is 5.92 Å². The topological polar surface area (TPSA) is 93.4 Å². The number of rotatable bonds is 8. The summed E-state index contributed by atoms with van der Waals surface area (Å²) >= 11 is 0. The van der Waals surface area contributed by atoms with Gasteiger partial charge in [0, 0.05) is 19.3 Å². The molecule has 0 radical (unpaired) electrons. The minimum atomic E-state index is -1.12. The fourth-order valence-corrected chi connectivity index (χ4v) is 2.12. The first-order valence-electron chi connectivity index (χ1n) is 7.82. The summed E-state index contributed by atoms with van der Waals surface area (Å²) in [5.74, 6) is -2.07. The van der Waals surface area contributed by atoms with Crippen molar-refractivity contribution in [2.75, 3.05) is 6.54 Å². The van der Waals surface area contributed by atoms with E-state index in [0.717, 1.165) is 5.56 Å². The normalized spacial score (nSPS) is 12.4. The first-order valence-corrected chi connectivity index (χ1v) is 7.82. The summed E-state index contributed by atoms with van der Waals surface area (Å²) in [5, 5.41) is 20.8. The van der Waals surface area contributed by atoms with E-state index in [0.29, 0.717) is 13.1 Å². The molecule has 1 unspecified atom stereocenters. The van der Waals surface area contributed by atoms with Crippen LogP contribution in [0.1, 0.15) is 26.3 Å². The number of hydrogen-bond donors (Lipinski definition) is 2. The van der Waals surface area contributed by atoms with Gasteiger partial charge in [-0.25, -0.2) is 4.79 Å². The molecule has 1 aromatic carbocycles. The summed E-state index contributed by atoms with van der Waals surface area (Å²) in [7, 11) is 0. The van der Waals surface area contributed by atoms with Gasteiger partial charge < -0.3 is 15.3 Å². The monoisotopic (exact) mass is 329 g/mol. The van der Waals surface area contributed by atoms with Crippen LogP contribution in [0.5, 0.6) is 0 Å². The average Bonchev–Trinajstić information content (AvgIpc) is 2.56. The second kappa shape index (κ2) is 9.36. The molecule has 2 N–H and O–H groups in total. The number of nitriles is 1. The number of carboxylic acids is 1. The lowest BCUT2D eigenvalue weighted by atomic mass is 10.0. The molecule has 1 amide bonds. The Morgan fingerprint density at radius 3 is 2.42 bits per heavy atom. The van der Waals surface area contributed by atoms with Crippen molar-refractivity contribution in [3.63, 3.8) is 0 Å². The third kappa shape index (κ3) is 5.76. The van der Waals surface area contributed by atoms with Crippen LogP contribution in [0.3, 0.4) is 0 Å². The second-order valence-corrected chi connectivity index (χ2v) is 5.74. The van der Waals surface area contributed by atoms with Gasteiger partial charge in [0.15, 0.2) is 0 Å². The Balaban J connectivity index is 2.88. The molecular weight excluding hydrogens is 306 g/mol. The van der Waals surface area contributed by atoms with Crippen molar-refractivity contribution in [1.82, 2.24) is 10.2 Å². The second-order valence-electron chi connectivity index (χ2n) is 5.74. The standard InChI is InChI=1S/C18H23N3O3/c1-4-21(11-14-8-6-5-7-9-14)12-15(10-19)17(22)20-16(13(2)3)18(23)24/h5-9,12-13,16H,4,11H2,1-3H3,(H,20,22)(H,23,24)/b15-12-. The predicted molar refractivity (Wildman–Crippen MR) is 90.6 cm³/mol. The van der Waals surface area contributed by atoms with E-state index < -0.39 is 17.9 Å². The molecule has 0 fully saturated rings. The summed E-state index contributed by atoms with van der Waals surface area (Å²) < 4.78 is 0. The maximum atomic E-state index is 12.2. The van der Waals surface area contributed by atoms with Gasteiger partial charge >= 0.3 is 5.97 Å². The van der Waals surface area contributed by atoms with Crippen molar-refractivity contribution in [3.05, 3.63) is 47.7 Å². The van der Waals surface area contributed by atoms with Crippen molar-refractivity contribution >= 4 is 11.9 Å². The molecule has 0 aliphatic heterocycles. The molecule has 0 heterocycles. The first-order chi connectivity index (χ1) is 11.4.